The molecule has 8 heteroatoms. The number of hydrogen-bond donors (Lipinski definition) is 1. The van der Waals surface area contributed by atoms with E-state index in [0.717, 1.165) is 21.5 Å². The molecule has 29 heavy (non-hydrogen) atoms. The van der Waals surface area contributed by atoms with E-state index in [4.69, 9.17) is 14.2 Å². The third-order valence-corrected chi connectivity index (χ3v) is 5.35. The average Bonchev–Trinajstić information content (AvgIpc) is 3.20. The summed E-state index contributed by atoms with van der Waals surface area (Å²) in [6, 6.07) is 13.1. The van der Waals surface area contributed by atoms with Crippen LogP contribution in [-0.4, -0.2) is 31.7 Å². The molecule has 0 aliphatic heterocycles. The number of benzene rings is 2. The second-order valence-electron chi connectivity index (χ2n) is 6.06. The highest BCUT2D eigenvalue weighted by Gasteiger charge is 2.13. The molecule has 1 N–H and O–H groups in total. The molecule has 2 aromatic carbocycles. The Morgan fingerprint density at radius 3 is 2.59 bits per heavy atom. The lowest BCUT2D eigenvalue weighted by atomic mass is 10.1. The minimum absolute atomic E-state index is 0.0945. The van der Waals surface area contributed by atoms with E-state index >= 15 is 0 Å². The summed E-state index contributed by atoms with van der Waals surface area (Å²) < 4.78 is 17.3. The molecule has 0 saturated heterocycles. The SMILES string of the molecule is COc1ccc(OC)c(-c2csc(NC(=O)CCCOc3ccc(Br)cc3)n2)c1. The van der Waals surface area contributed by atoms with Crippen LogP contribution in [0.25, 0.3) is 11.3 Å². The number of methoxy groups -OCH3 is 2. The van der Waals surface area contributed by atoms with Crippen molar-refractivity contribution in [3.8, 4) is 28.5 Å². The second-order valence-corrected chi connectivity index (χ2v) is 7.83. The van der Waals surface area contributed by atoms with Gasteiger partial charge in [0.1, 0.15) is 17.2 Å². The topological polar surface area (TPSA) is 69.7 Å². The molecule has 3 rings (SSSR count). The van der Waals surface area contributed by atoms with Crippen LogP contribution in [0.1, 0.15) is 12.8 Å². The van der Waals surface area contributed by atoms with Crippen LogP contribution in [0, 0.1) is 0 Å². The fourth-order valence-corrected chi connectivity index (χ4v) is 3.60. The molecule has 0 unspecified atom stereocenters. The van der Waals surface area contributed by atoms with Crippen molar-refractivity contribution in [2.45, 2.75) is 12.8 Å². The number of halogens is 1. The summed E-state index contributed by atoms with van der Waals surface area (Å²) in [5.74, 6) is 2.09. The molecule has 152 valence electrons. The standard InChI is InChI=1S/C21H21BrN2O4S/c1-26-16-9-10-19(27-2)17(12-16)18-13-29-21(23-18)24-20(25)4-3-11-28-15-7-5-14(22)6-8-15/h5-10,12-13H,3-4,11H2,1-2H3,(H,23,24,25). The summed E-state index contributed by atoms with van der Waals surface area (Å²) in [6.45, 7) is 0.471. The molecule has 0 saturated carbocycles. The van der Waals surface area contributed by atoms with Crippen LogP contribution in [0.4, 0.5) is 5.13 Å². The van der Waals surface area contributed by atoms with Crippen LogP contribution in [0.2, 0.25) is 0 Å². The van der Waals surface area contributed by atoms with Gasteiger partial charge >= 0.3 is 0 Å². The summed E-state index contributed by atoms with van der Waals surface area (Å²) in [5, 5.41) is 5.26. The van der Waals surface area contributed by atoms with Crippen molar-refractivity contribution in [3.05, 3.63) is 52.3 Å². The molecule has 0 aliphatic rings. The number of aromatic nitrogens is 1. The number of carbonyl (C=O) groups is 1. The second kappa shape index (κ2) is 10.3. The summed E-state index contributed by atoms with van der Waals surface area (Å²) in [7, 11) is 3.22. The Hall–Kier alpha value is -2.58. The van der Waals surface area contributed by atoms with Gasteiger partial charge in [0, 0.05) is 21.8 Å². The van der Waals surface area contributed by atoms with E-state index in [1.807, 2.05) is 47.8 Å². The van der Waals surface area contributed by atoms with Crippen LogP contribution < -0.4 is 19.5 Å². The summed E-state index contributed by atoms with van der Waals surface area (Å²) in [4.78, 5) is 16.7. The lowest BCUT2D eigenvalue weighted by Gasteiger charge is -2.08. The van der Waals surface area contributed by atoms with E-state index in [0.29, 0.717) is 36.1 Å². The minimum atomic E-state index is -0.0945. The Labute approximate surface area is 182 Å². The van der Waals surface area contributed by atoms with Crippen LogP contribution in [0.3, 0.4) is 0 Å². The van der Waals surface area contributed by atoms with Crippen LogP contribution in [0.5, 0.6) is 17.2 Å². The van der Waals surface area contributed by atoms with Crippen LogP contribution >= 0.6 is 27.3 Å². The van der Waals surface area contributed by atoms with Crippen molar-refractivity contribution in [1.82, 2.24) is 4.98 Å². The molecule has 1 amide bonds. The smallest absolute Gasteiger partial charge is 0.226 e. The Morgan fingerprint density at radius 1 is 1.10 bits per heavy atom. The first-order valence-electron chi connectivity index (χ1n) is 8.95. The van der Waals surface area contributed by atoms with E-state index in [1.54, 1.807) is 14.2 Å². The third-order valence-electron chi connectivity index (χ3n) is 4.06. The van der Waals surface area contributed by atoms with Crippen molar-refractivity contribution >= 4 is 38.3 Å². The molecule has 0 aliphatic carbocycles. The summed E-state index contributed by atoms with van der Waals surface area (Å²) >= 11 is 4.75. The zero-order valence-electron chi connectivity index (χ0n) is 16.1. The first-order chi connectivity index (χ1) is 14.1. The molecule has 1 heterocycles. The third kappa shape index (κ3) is 5.95. The Bertz CT molecular complexity index is 960. The molecule has 0 bridgehead atoms. The predicted octanol–water partition coefficient (Wildman–Crippen LogP) is 5.39. The molecule has 1 aromatic heterocycles. The Morgan fingerprint density at radius 2 is 1.86 bits per heavy atom. The van der Waals surface area contributed by atoms with Crippen molar-refractivity contribution in [2.75, 3.05) is 26.1 Å². The number of thiazole rings is 1. The number of carbonyl (C=O) groups excluding carboxylic acids is 1. The van der Waals surface area contributed by atoms with E-state index < -0.39 is 0 Å². The number of nitrogens with one attached hydrogen (secondary N) is 1. The first-order valence-corrected chi connectivity index (χ1v) is 10.6. The highest BCUT2D eigenvalue weighted by atomic mass is 79.9. The normalized spacial score (nSPS) is 10.4. The predicted molar refractivity (Wildman–Crippen MR) is 118 cm³/mol. The molecule has 0 radical (unpaired) electrons. The van der Waals surface area contributed by atoms with Crippen molar-refractivity contribution in [1.29, 1.82) is 0 Å². The maximum Gasteiger partial charge on any atom is 0.226 e. The van der Waals surface area contributed by atoms with Gasteiger partial charge in [-0.3, -0.25) is 4.79 Å². The van der Waals surface area contributed by atoms with Gasteiger partial charge in [0.05, 0.1) is 26.5 Å². The van der Waals surface area contributed by atoms with Crippen molar-refractivity contribution < 1.29 is 19.0 Å². The fraction of sp³-hybridized carbons (Fsp3) is 0.238. The molecular formula is C21H21BrN2O4S. The van der Waals surface area contributed by atoms with Gasteiger partial charge < -0.3 is 19.5 Å². The van der Waals surface area contributed by atoms with Gasteiger partial charge in [0.25, 0.3) is 0 Å². The Balaban J connectivity index is 1.52. The molecule has 6 nitrogen and oxygen atoms in total. The lowest BCUT2D eigenvalue weighted by Crippen LogP contribution is -2.12. The van der Waals surface area contributed by atoms with E-state index in [9.17, 15) is 4.79 Å². The number of rotatable bonds is 9. The maximum atomic E-state index is 12.2. The quantitative estimate of drug-likeness (QED) is 0.419. The monoisotopic (exact) mass is 476 g/mol. The van der Waals surface area contributed by atoms with Gasteiger partial charge in [-0.2, -0.15) is 0 Å². The fourth-order valence-electron chi connectivity index (χ4n) is 2.60. The first kappa shape index (κ1) is 21.1. The van der Waals surface area contributed by atoms with Gasteiger partial charge in [-0.1, -0.05) is 15.9 Å². The number of nitrogens with zero attached hydrogens (tertiary/aromatic N) is 1. The largest absolute Gasteiger partial charge is 0.497 e. The van der Waals surface area contributed by atoms with Gasteiger partial charge in [0.2, 0.25) is 5.91 Å². The molecular weight excluding hydrogens is 456 g/mol. The van der Waals surface area contributed by atoms with Gasteiger partial charge in [0.15, 0.2) is 5.13 Å². The van der Waals surface area contributed by atoms with Crippen molar-refractivity contribution in [3.63, 3.8) is 0 Å². The molecule has 3 aromatic rings. The zero-order valence-corrected chi connectivity index (χ0v) is 18.5. The maximum absolute atomic E-state index is 12.2. The summed E-state index contributed by atoms with van der Waals surface area (Å²) in [5.41, 5.74) is 1.53. The van der Waals surface area contributed by atoms with Gasteiger partial charge in [-0.15, -0.1) is 11.3 Å². The highest BCUT2D eigenvalue weighted by molar-refractivity contribution is 9.10. The molecule has 0 spiro atoms. The van der Waals surface area contributed by atoms with Gasteiger partial charge in [-0.05, 0) is 48.9 Å². The molecule has 0 fully saturated rings. The number of ether oxygens (including phenoxy) is 3. The molecule has 0 atom stereocenters. The Kier molecular flexibility index (Phi) is 7.48. The lowest BCUT2D eigenvalue weighted by molar-refractivity contribution is -0.116. The number of hydrogen-bond acceptors (Lipinski definition) is 6. The van der Waals surface area contributed by atoms with Crippen molar-refractivity contribution in [2.24, 2.45) is 0 Å². The highest BCUT2D eigenvalue weighted by Crippen LogP contribution is 2.35. The van der Waals surface area contributed by atoms with E-state index in [2.05, 4.69) is 26.2 Å². The van der Waals surface area contributed by atoms with E-state index in [-0.39, 0.29) is 5.91 Å². The van der Waals surface area contributed by atoms with Gasteiger partial charge in [-0.25, -0.2) is 4.98 Å². The average molecular weight is 477 g/mol. The van der Waals surface area contributed by atoms with E-state index in [1.165, 1.54) is 11.3 Å². The minimum Gasteiger partial charge on any atom is -0.497 e. The van der Waals surface area contributed by atoms with Crippen LogP contribution in [-0.2, 0) is 4.79 Å². The zero-order chi connectivity index (χ0) is 20.6. The number of amides is 1. The van der Waals surface area contributed by atoms with Crippen LogP contribution in [0.15, 0.2) is 52.3 Å². The summed E-state index contributed by atoms with van der Waals surface area (Å²) in [6.07, 6.45) is 0.970. The number of anilines is 1.